The fraction of sp³-hybridized carbons (Fsp3) is 0.810. The summed E-state index contributed by atoms with van der Waals surface area (Å²) >= 11 is 1.35. The van der Waals surface area contributed by atoms with E-state index >= 15 is 0 Å². The highest BCUT2D eigenvalue weighted by molar-refractivity contribution is 7.98. The topological polar surface area (TPSA) is 125 Å². The highest BCUT2D eigenvalue weighted by atomic mass is 32.2. The molecule has 1 aliphatic rings. The van der Waals surface area contributed by atoms with Gasteiger partial charge in [0, 0.05) is 24.8 Å². The lowest BCUT2D eigenvalue weighted by atomic mass is 9.93. The van der Waals surface area contributed by atoms with Crippen LogP contribution in [0.5, 0.6) is 0 Å². The van der Waals surface area contributed by atoms with Gasteiger partial charge in [-0.1, -0.05) is 20.3 Å². The molecule has 3 amide bonds. The number of amides is 3. The van der Waals surface area contributed by atoms with Crippen LogP contribution in [-0.2, 0) is 19.1 Å². The van der Waals surface area contributed by atoms with Crippen LogP contribution in [-0.4, -0.2) is 76.7 Å². The molecule has 0 radical (unpaired) electrons. The van der Waals surface area contributed by atoms with E-state index in [2.05, 4.69) is 10.6 Å². The number of carbonyl (C=O) groups is 4. The first-order valence-electron chi connectivity index (χ1n) is 10.7. The zero-order valence-corrected chi connectivity index (χ0v) is 20.2. The summed E-state index contributed by atoms with van der Waals surface area (Å²) in [5, 5.41) is 14.5. The van der Waals surface area contributed by atoms with Gasteiger partial charge in [-0.2, -0.15) is 11.8 Å². The number of piperidine rings is 1. The molecular weight excluding hydrogens is 422 g/mol. The third-order valence-electron chi connectivity index (χ3n) is 5.28. The van der Waals surface area contributed by atoms with Gasteiger partial charge in [0.25, 0.3) is 0 Å². The molecule has 3 N–H and O–H groups in total. The van der Waals surface area contributed by atoms with Crippen molar-refractivity contribution in [2.45, 2.75) is 71.6 Å². The van der Waals surface area contributed by atoms with Gasteiger partial charge < -0.3 is 25.4 Å². The lowest BCUT2D eigenvalue weighted by Gasteiger charge is -2.35. The lowest BCUT2D eigenvalue weighted by Crippen LogP contribution is -2.55. The van der Waals surface area contributed by atoms with Gasteiger partial charge in [-0.3, -0.25) is 9.59 Å². The van der Waals surface area contributed by atoms with Crippen molar-refractivity contribution >= 4 is 35.6 Å². The first-order valence-corrected chi connectivity index (χ1v) is 12.1. The van der Waals surface area contributed by atoms with Gasteiger partial charge in [0.1, 0.15) is 17.7 Å². The molecule has 0 aromatic carbocycles. The summed E-state index contributed by atoms with van der Waals surface area (Å²) < 4.78 is 5.30. The highest BCUT2D eigenvalue weighted by Gasteiger charge is 2.35. The number of hydrogen-bond donors (Lipinski definition) is 3. The van der Waals surface area contributed by atoms with E-state index in [0.29, 0.717) is 38.1 Å². The van der Waals surface area contributed by atoms with Crippen LogP contribution in [0.1, 0.15) is 53.9 Å². The molecule has 1 rings (SSSR count). The Morgan fingerprint density at radius 2 is 1.74 bits per heavy atom. The molecule has 178 valence electrons. The van der Waals surface area contributed by atoms with Crippen LogP contribution in [0.3, 0.4) is 0 Å². The molecule has 3 atom stereocenters. The fourth-order valence-corrected chi connectivity index (χ4v) is 3.87. The zero-order valence-electron chi connectivity index (χ0n) is 19.4. The van der Waals surface area contributed by atoms with Crippen molar-refractivity contribution in [1.29, 1.82) is 0 Å². The molecule has 10 heteroatoms. The molecule has 1 aliphatic heterocycles. The smallest absolute Gasteiger partial charge is 0.408 e. The first-order chi connectivity index (χ1) is 14.4. The predicted octanol–water partition coefficient (Wildman–Crippen LogP) is 2.10. The minimum absolute atomic E-state index is 0.0797. The van der Waals surface area contributed by atoms with Crippen molar-refractivity contribution in [2.75, 3.05) is 25.1 Å². The minimum Gasteiger partial charge on any atom is -0.480 e. The number of nitrogens with zero attached hydrogens (tertiary/aromatic N) is 1. The highest BCUT2D eigenvalue weighted by Crippen LogP contribution is 2.21. The lowest BCUT2D eigenvalue weighted by molar-refractivity contribution is -0.142. The Balaban J connectivity index is 2.70. The number of rotatable bonds is 9. The van der Waals surface area contributed by atoms with E-state index in [1.807, 2.05) is 13.8 Å². The summed E-state index contributed by atoms with van der Waals surface area (Å²) in [6.45, 7) is 9.88. The number of carboxylic acid groups (broad SMARTS) is 1. The minimum atomic E-state index is -1.06. The number of carboxylic acids is 1. The number of likely N-dealkylation sites (tertiary alicyclic amines) is 1. The molecule has 3 unspecified atom stereocenters. The molecule has 0 bridgehead atoms. The van der Waals surface area contributed by atoms with Crippen LogP contribution in [0.15, 0.2) is 0 Å². The third-order valence-corrected chi connectivity index (χ3v) is 5.94. The van der Waals surface area contributed by atoms with Crippen LogP contribution < -0.4 is 10.6 Å². The van der Waals surface area contributed by atoms with Crippen LogP contribution in [0.2, 0.25) is 0 Å². The van der Waals surface area contributed by atoms with Gasteiger partial charge in [-0.15, -0.1) is 0 Å². The predicted molar refractivity (Wildman–Crippen MR) is 120 cm³/mol. The van der Waals surface area contributed by atoms with Gasteiger partial charge in [-0.25, -0.2) is 9.59 Å². The molecule has 1 heterocycles. The van der Waals surface area contributed by atoms with E-state index in [1.165, 1.54) is 11.8 Å². The standard InChI is InChI=1S/C21H37N3O6S/c1-7-13(2)16(23-20(29)30-21(3,4)5)18(26)24-10-8-14(9-11-24)17(25)22-15(12-31-6)19(27)28/h13-16H,7-12H2,1-6H3,(H,22,25)(H,23,29)(H,27,28). The first kappa shape index (κ1) is 27.1. The molecule has 0 spiro atoms. The normalized spacial score (nSPS) is 17.9. The summed E-state index contributed by atoms with van der Waals surface area (Å²) in [5.41, 5.74) is -0.664. The van der Waals surface area contributed by atoms with E-state index in [9.17, 15) is 24.3 Å². The van der Waals surface area contributed by atoms with Crippen molar-refractivity contribution in [1.82, 2.24) is 15.5 Å². The van der Waals surface area contributed by atoms with Gasteiger partial charge in [0.15, 0.2) is 0 Å². The van der Waals surface area contributed by atoms with Crippen molar-refractivity contribution in [3.63, 3.8) is 0 Å². The Hall–Kier alpha value is -1.97. The molecule has 0 aromatic heterocycles. The second kappa shape index (κ2) is 12.2. The Morgan fingerprint density at radius 3 is 2.19 bits per heavy atom. The van der Waals surface area contributed by atoms with Crippen molar-refractivity contribution < 1.29 is 29.0 Å². The number of alkyl carbamates (subject to hydrolysis) is 1. The van der Waals surface area contributed by atoms with Crippen LogP contribution in [0, 0.1) is 11.8 Å². The summed E-state index contributed by atoms with van der Waals surface area (Å²) in [7, 11) is 0. The number of hydrogen-bond acceptors (Lipinski definition) is 6. The van der Waals surface area contributed by atoms with Crippen LogP contribution >= 0.6 is 11.8 Å². The van der Waals surface area contributed by atoms with Crippen molar-refractivity contribution in [3.8, 4) is 0 Å². The summed E-state index contributed by atoms with van der Waals surface area (Å²) in [5.74, 6) is -1.66. The van der Waals surface area contributed by atoms with Crippen LogP contribution in [0.25, 0.3) is 0 Å². The van der Waals surface area contributed by atoms with Gasteiger partial charge >= 0.3 is 12.1 Å². The van der Waals surface area contributed by atoms with Gasteiger partial charge in [-0.05, 0) is 45.8 Å². The second-order valence-corrected chi connectivity index (χ2v) is 9.87. The molecule has 0 aliphatic carbocycles. The van der Waals surface area contributed by atoms with E-state index in [-0.39, 0.29) is 23.7 Å². The quantitative estimate of drug-likeness (QED) is 0.482. The number of thioether (sulfide) groups is 1. The Bertz CT molecular complexity index is 644. The van der Waals surface area contributed by atoms with E-state index in [4.69, 9.17) is 4.74 Å². The van der Waals surface area contributed by atoms with Crippen LogP contribution in [0.4, 0.5) is 4.79 Å². The van der Waals surface area contributed by atoms with E-state index in [1.54, 1.807) is 31.9 Å². The molecular formula is C21H37N3O6S. The SMILES string of the molecule is CCC(C)C(NC(=O)OC(C)(C)C)C(=O)N1CCC(C(=O)NC(CSC)C(=O)O)CC1. The second-order valence-electron chi connectivity index (χ2n) is 8.96. The largest absolute Gasteiger partial charge is 0.480 e. The monoisotopic (exact) mass is 459 g/mol. The summed E-state index contributed by atoms with van der Waals surface area (Å²) in [6, 6.07) is -1.63. The molecule has 0 aromatic rings. The summed E-state index contributed by atoms with van der Waals surface area (Å²) in [4.78, 5) is 50.7. The van der Waals surface area contributed by atoms with Crippen molar-refractivity contribution in [3.05, 3.63) is 0 Å². The average molecular weight is 460 g/mol. The van der Waals surface area contributed by atoms with E-state index < -0.39 is 29.7 Å². The van der Waals surface area contributed by atoms with Gasteiger partial charge in [0.2, 0.25) is 11.8 Å². The zero-order chi connectivity index (χ0) is 23.8. The number of nitrogens with one attached hydrogen (secondary N) is 2. The molecule has 31 heavy (non-hydrogen) atoms. The maximum Gasteiger partial charge on any atom is 0.408 e. The molecule has 9 nitrogen and oxygen atoms in total. The van der Waals surface area contributed by atoms with E-state index in [0.717, 1.165) is 0 Å². The third kappa shape index (κ3) is 8.96. The number of carbonyl (C=O) groups excluding carboxylic acids is 3. The Kier molecular flexibility index (Phi) is 10.6. The number of ether oxygens (including phenoxy) is 1. The number of aliphatic carboxylic acids is 1. The molecule has 0 saturated carbocycles. The average Bonchev–Trinajstić information content (AvgIpc) is 2.69. The maximum atomic E-state index is 13.1. The maximum absolute atomic E-state index is 13.1. The van der Waals surface area contributed by atoms with Crippen molar-refractivity contribution in [2.24, 2.45) is 11.8 Å². The summed E-state index contributed by atoms with van der Waals surface area (Å²) in [6.07, 6.45) is 2.75. The Labute approximate surface area is 189 Å². The molecule has 1 fully saturated rings. The van der Waals surface area contributed by atoms with Gasteiger partial charge in [0.05, 0.1) is 0 Å². The fourth-order valence-electron chi connectivity index (χ4n) is 3.31. The molecule has 1 saturated heterocycles. The Morgan fingerprint density at radius 1 is 1.16 bits per heavy atom.